The fraction of sp³-hybridized carbons (Fsp3) is 1.00. The van der Waals surface area contributed by atoms with Gasteiger partial charge >= 0.3 is 0 Å². The second kappa shape index (κ2) is 2.58. The molecule has 0 radical (unpaired) electrons. The van der Waals surface area contributed by atoms with Crippen molar-refractivity contribution in [2.24, 2.45) is 0 Å². The Morgan fingerprint density at radius 1 is 1.20 bits per heavy atom. The van der Waals surface area contributed by atoms with Crippen LogP contribution in [0, 0.1) is 0 Å². The monoisotopic (exact) mass is 257 g/mol. The maximum atomic E-state index is 7.50. The van der Waals surface area contributed by atoms with Crippen LogP contribution in [-0.2, 0) is 9.47 Å². The van der Waals surface area contributed by atoms with Gasteiger partial charge in [0.1, 0.15) is 12.7 Å². The Kier molecular flexibility index (Phi) is 1.88. The largest absolute Gasteiger partial charge is 0.439 e. The van der Waals surface area contributed by atoms with Crippen molar-refractivity contribution in [1.82, 2.24) is 0 Å². The average Bonchev–Trinajstić information content (AvgIpc) is 2.41. The summed E-state index contributed by atoms with van der Waals surface area (Å²) < 4.78 is 11.2. The van der Waals surface area contributed by atoms with Gasteiger partial charge in [-0.2, -0.15) is 0 Å². The number of halogens is 1. The van der Waals surface area contributed by atoms with Crippen LogP contribution in [0.4, 0.5) is 0 Å². The Labute approximate surface area is 72.8 Å². The molecule has 0 amide bonds. The van der Waals surface area contributed by atoms with Crippen molar-refractivity contribution in [1.29, 1.82) is 0 Å². The fourth-order valence-corrected chi connectivity index (χ4v) is 2.28. The fourth-order valence-electron chi connectivity index (χ4n) is 1.45. The highest BCUT2D eigenvalue weighted by molar-refractivity contribution is 14.1. The van der Waals surface area contributed by atoms with Crippen LogP contribution in [0.5, 0.6) is 0 Å². The summed E-state index contributed by atoms with van der Waals surface area (Å²) in [7, 11) is 0. The summed E-state index contributed by atoms with van der Waals surface area (Å²) in [6.45, 7) is 1.31. The van der Waals surface area contributed by atoms with E-state index < -0.39 is 0 Å². The predicted molar refractivity (Wildman–Crippen MR) is 44.7 cm³/mol. The summed E-state index contributed by atoms with van der Waals surface area (Å²) in [6, 6.07) is 0. The van der Waals surface area contributed by atoms with E-state index in [9.17, 15) is 0 Å². The lowest BCUT2D eigenvalue weighted by Crippen LogP contribution is -2.28. The van der Waals surface area contributed by atoms with Crippen LogP contribution in [0.1, 0.15) is 0 Å². The molecule has 58 valence electrons. The molecule has 2 unspecified atom stereocenters. The van der Waals surface area contributed by atoms with Gasteiger partial charge in [0.25, 0.3) is 0 Å². The minimum Gasteiger partial charge on any atom is -0.439 e. The Hall–Kier alpha value is 0.610. The van der Waals surface area contributed by atoms with Crippen LogP contribution in [-0.4, -0.2) is 40.6 Å². The Balaban J connectivity index is 2.09. The molecule has 0 aliphatic carbocycles. The number of hydrogen-bond donors (Lipinski definition) is 0. The topological polar surface area (TPSA) is 41.4 Å². The SMILES string of the molecule is [OH2+]C1CO[C@@H]2C(I)CO[C@H]12. The normalized spacial score (nSPS) is 53.4. The van der Waals surface area contributed by atoms with E-state index in [0.29, 0.717) is 10.5 Å². The molecule has 0 aromatic carbocycles. The average molecular weight is 257 g/mol. The van der Waals surface area contributed by atoms with Crippen molar-refractivity contribution in [2.45, 2.75) is 22.2 Å². The zero-order valence-electron chi connectivity index (χ0n) is 5.42. The van der Waals surface area contributed by atoms with E-state index in [4.69, 9.17) is 14.6 Å². The molecule has 2 aliphatic heterocycles. The molecule has 0 spiro atoms. The van der Waals surface area contributed by atoms with Crippen molar-refractivity contribution < 1.29 is 14.6 Å². The number of ether oxygens (including phenoxy) is 2. The summed E-state index contributed by atoms with van der Waals surface area (Å²) in [4.78, 5) is 0. The first kappa shape index (κ1) is 7.27. The van der Waals surface area contributed by atoms with E-state index in [1.54, 1.807) is 0 Å². The maximum absolute atomic E-state index is 7.50. The van der Waals surface area contributed by atoms with Gasteiger partial charge in [0.2, 0.25) is 6.10 Å². The van der Waals surface area contributed by atoms with Crippen LogP contribution >= 0.6 is 22.6 Å². The lowest BCUT2D eigenvalue weighted by Gasteiger charge is -2.07. The van der Waals surface area contributed by atoms with E-state index in [2.05, 4.69) is 22.6 Å². The van der Waals surface area contributed by atoms with Gasteiger partial charge in [0, 0.05) is 0 Å². The second-order valence-electron chi connectivity index (χ2n) is 2.72. The molecule has 0 aromatic heterocycles. The molecule has 4 heteroatoms. The number of hydrogen-bond acceptors (Lipinski definition) is 2. The lowest BCUT2D eigenvalue weighted by molar-refractivity contribution is 0.0189. The van der Waals surface area contributed by atoms with E-state index in [0.717, 1.165) is 6.61 Å². The zero-order valence-corrected chi connectivity index (χ0v) is 7.58. The quantitative estimate of drug-likeness (QED) is 0.339. The molecule has 0 aromatic rings. The first-order chi connectivity index (χ1) is 4.79. The lowest BCUT2D eigenvalue weighted by atomic mass is 10.1. The highest BCUT2D eigenvalue weighted by Crippen LogP contribution is 2.30. The molecule has 4 atom stereocenters. The second-order valence-corrected chi connectivity index (χ2v) is 4.32. The van der Waals surface area contributed by atoms with Gasteiger partial charge in [-0.1, -0.05) is 22.6 Å². The molecule has 2 saturated heterocycles. The van der Waals surface area contributed by atoms with Crippen molar-refractivity contribution >= 4 is 22.6 Å². The van der Waals surface area contributed by atoms with E-state index in [1.165, 1.54) is 0 Å². The molecule has 2 rings (SSSR count). The number of rotatable bonds is 0. The minimum atomic E-state index is -0.148. The van der Waals surface area contributed by atoms with Crippen LogP contribution in [0.15, 0.2) is 0 Å². The molecular weight excluding hydrogens is 247 g/mol. The maximum Gasteiger partial charge on any atom is 0.206 e. The van der Waals surface area contributed by atoms with Gasteiger partial charge in [-0.3, -0.25) is 0 Å². The summed E-state index contributed by atoms with van der Waals surface area (Å²) in [5.41, 5.74) is 0. The van der Waals surface area contributed by atoms with E-state index >= 15 is 0 Å². The summed E-state index contributed by atoms with van der Waals surface area (Å²) in [6.07, 6.45) is 0.106. The van der Waals surface area contributed by atoms with Crippen molar-refractivity contribution in [2.75, 3.05) is 13.2 Å². The van der Waals surface area contributed by atoms with Gasteiger partial charge in [-0.15, -0.1) is 0 Å². The van der Waals surface area contributed by atoms with Gasteiger partial charge in [-0.25, -0.2) is 0 Å². The highest BCUT2D eigenvalue weighted by Gasteiger charge is 2.48. The van der Waals surface area contributed by atoms with Crippen LogP contribution < -0.4 is 0 Å². The van der Waals surface area contributed by atoms with Crippen molar-refractivity contribution in [3.05, 3.63) is 0 Å². The van der Waals surface area contributed by atoms with Gasteiger partial charge < -0.3 is 14.6 Å². The van der Waals surface area contributed by atoms with Crippen LogP contribution in [0.3, 0.4) is 0 Å². The molecule has 10 heavy (non-hydrogen) atoms. The molecule has 2 fully saturated rings. The molecule has 3 nitrogen and oxygen atoms in total. The molecule has 0 saturated carbocycles. The Morgan fingerprint density at radius 3 is 2.60 bits per heavy atom. The Bertz CT molecular complexity index is 125. The van der Waals surface area contributed by atoms with Crippen LogP contribution in [0.25, 0.3) is 0 Å². The predicted octanol–water partition coefficient (Wildman–Crippen LogP) is -0.319. The third kappa shape index (κ3) is 0.975. The standard InChI is InChI=1S/C6H9IO3/c7-3-1-9-6-4(8)2-10-5(3)6/h3-6,8H,1-2H2/p+1/t3?,4?,5-,6-/m1/s1. The summed E-state index contributed by atoms with van der Waals surface area (Å²) in [5.74, 6) is 0. The smallest absolute Gasteiger partial charge is 0.206 e. The van der Waals surface area contributed by atoms with Crippen molar-refractivity contribution in [3.63, 3.8) is 0 Å². The minimum absolute atomic E-state index is 0.0573. The van der Waals surface area contributed by atoms with Gasteiger partial charge in [0.05, 0.1) is 10.5 Å². The van der Waals surface area contributed by atoms with Crippen LogP contribution in [0.2, 0.25) is 0 Å². The zero-order chi connectivity index (χ0) is 7.14. The van der Waals surface area contributed by atoms with Gasteiger partial charge in [-0.05, 0) is 0 Å². The van der Waals surface area contributed by atoms with Crippen molar-refractivity contribution in [3.8, 4) is 0 Å². The molecular formula is C6H10IO3+. The van der Waals surface area contributed by atoms with E-state index in [1.807, 2.05) is 0 Å². The third-order valence-corrected chi connectivity index (χ3v) is 3.06. The molecule has 2 N–H and O–H groups in total. The number of alkyl halides is 1. The first-order valence-electron chi connectivity index (χ1n) is 3.37. The van der Waals surface area contributed by atoms with E-state index in [-0.39, 0.29) is 18.3 Å². The first-order valence-corrected chi connectivity index (χ1v) is 4.62. The Morgan fingerprint density at radius 2 is 1.90 bits per heavy atom. The molecule has 2 heterocycles. The summed E-state index contributed by atoms with van der Waals surface area (Å²) in [5, 5.41) is 7.50. The summed E-state index contributed by atoms with van der Waals surface area (Å²) >= 11 is 2.33. The third-order valence-electron chi connectivity index (χ3n) is 1.99. The van der Waals surface area contributed by atoms with Gasteiger partial charge in [0.15, 0.2) is 6.10 Å². The molecule has 2 aliphatic rings. The molecule has 0 bridgehead atoms. The number of fused-ring (bicyclic) bond motifs is 1. The highest BCUT2D eigenvalue weighted by atomic mass is 127.